The molecular formula is C20H17ClN6O2S2. The highest BCUT2D eigenvalue weighted by molar-refractivity contribution is 7.99. The Bertz CT molecular complexity index is 1210. The summed E-state index contributed by atoms with van der Waals surface area (Å²) < 4.78 is 1.83. The maximum atomic E-state index is 12.4. The van der Waals surface area contributed by atoms with E-state index in [1.54, 1.807) is 36.4 Å². The van der Waals surface area contributed by atoms with Crippen LogP contribution in [-0.2, 0) is 11.2 Å². The SMILES string of the molecule is CCc1nnc(NC(=O)CSc2nnc(-c3ccc(O)cc3)n2-c2cccc(Cl)c2)s1. The van der Waals surface area contributed by atoms with E-state index < -0.39 is 0 Å². The summed E-state index contributed by atoms with van der Waals surface area (Å²) in [6.45, 7) is 1.98. The third-order valence-corrected chi connectivity index (χ3v) is 6.32. The summed E-state index contributed by atoms with van der Waals surface area (Å²) in [5.74, 6) is 0.638. The first kappa shape index (κ1) is 21.3. The fourth-order valence-corrected chi connectivity index (χ4v) is 4.37. The van der Waals surface area contributed by atoms with Crippen molar-refractivity contribution in [3.8, 4) is 22.8 Å². The molecule has 2 heterocycles. The molecule has 0 saturated carbocycles. The Balaban J connectivity index is 1.59. The first-order chi connectivity index (χ1) is 15.0. The molecule has 0 bridgehead atoms. The molecule has 2 aromatic heterocycles. The smallest absolute Gasteiger partial charge is 0.236 e. The summed E-state index contributed by atoms with van der Waals surface area (Å²) in [4.78, 5) is 12.4. The summed E-state index contributed by atoms with van der Waals surface area (Å²) in [5.41, 5.74) is 1.53. The second-order valence-electron chi connectivity index (χ2n) is 6.36. The van der Waals surface area contributed by atoms with Crippen molar-refractivity contribution in [3.63, 3.8) is 0 Å². The Kier molecular flexibility index (Phi) is 6.50. The minimum atomic E-state index is -0.212. The standard InChI is InChI=1S/C20H17ClN6O2S2/c1-2-17-23-25-19(31-17)22-16(29)11-30-20-26-24-18(12-6-8-15(28)9-7-12)27(20)14-5-3-4-13(21)10-14/h3-10,28H,2,11H2,1H3,(H,22,25,29). The summed E-state index contributed by atoms with van der Waals surface area (Å²) in [7, 11) is 0. The number of hydrogen-bond acceptors (Lipinski definition) is 8. The van der Waals surface area contributed by atoms with Crippen molar-refractivity contribution >= 4 is 45.7 Å². The van der Waals surface area contributed by atoms with Crippen molar-refractivity contribution in [2.45, 2.75) is 18.5 Å². The lowest BCUT2D eigenvalue weighted by Crippen LogP contribution is -2.14. The molecule has 0 saturated heterocycles. The Labute approximate surface area is 191 Å². The lowest BCUT2D eigenvalue weighted by atomic mass is 10.2. The van der Waals surface area contributed by atoms with Gasteiger partial charge in [-0.3, -0.25) is 14.7 Å². The molecule has 4 aromatic rings. The normalized spacial score (nSPS) is 10.9. The molecule has 0 spiro atoms. The highest BCUT2D eigenvalue weighted by Gasteiger charge is 2.18. The second-order valence-corrected chi connectivity index (χ2v) is 8.80. The maximum Gasteiger partial charge on any atom is 0.236 e. The van der Waals surface area contributed by atoms with E-state index in [1.165, 1.54) is 23.1 Å². The van der Waals surface area contributed by atoms with Gasteiger partial charge in [0.2, 0.25) is 11.0 Å². The Morgan fingerprint density at radius 1 is 1.16 bits per heavy atom. The van der Waals surface area contributed by atoms with Gasteiger partial charge in [-0.1, -0.05) is 47.7 Å². The molecule has 0 unspecified atom stereocenters. The molecule has 2 N–H and O–H groups in total. The highest BCUT2D eigenvalue weighted by Crippen LogP contribution is 2.30. The van der Waals surface area contributed by atoms with Crippen molar-refractivity contribution in [2.75, 3.05) is 11.1 Å². The molecule has 8 nitrogen and oxygen atoms in total. The maximum absolute atomic E-state index is 12.4. The Hall–Kier alpha value is -2.95. The largest absolute Gasteiger partial charge is 0.508 e. The van der Waals surface area contributed by atoms with E-state index >= 15 is 0 Å². The molecule has 1 amide bonds. The third kappa shape index (κ3) is 5.04. The van der Waals surface area contributed by atoms with Gasteiger partial charge in [-0.15, -0.1) is 20.4 Å². The molecule has 0 radical (unpaired) electrons. The number of thioether (sulfide) groups is 1. The van der Waals surface area contributed by atoms with Gasteiger partial charge in [0.25, 0.3) is 0 Å². The zero-order chi connectivity index (χ0) is 21.8. The third-order valence-electron chi connectivity index (χ3n) is 4.17. The fraction of sp³-hybridized carbons (Fsp3) is 0.150. The van der Waals surface area contributed by atoms with Crippen LogP contribution in [0.4, 0.5) is 5.13 Å². The van der Waals surface area contributed by atoms with Crippen LogP contribution in [0, 0.1) is 0 Å². The number of nitrogens with zero attached hydrogens (tertiary/aromatic N) is 5. The first-order valence-corrected chi connectivity index (χ1v) is 11.5. The van der Waals surface area contributed by atoms with Gasteiger partial charge in [0.1, 0.15) is 10.8 Å². The minimum Gasteiger partial charge on any atom is -0.508 e. The number of amides is 1. The lowest BCUT2D eigenvalue weighted by molar-refractivity contribution is -0.113. The number of carbonyl (C=O) groups excluding carboxylic acids is 1. The Morgan fingerprint density at radius 3 is 2.68 bits per heavy atom. The highest BCUT2D eigenvalue weighted by atomic mass is 35.5. The number of benzene rings is 2. The monoisotopic (exact) mass is 472 g/mol. The molecular weight excluding hydrogens is 456 g/mol. The van der Waals surface area contributed by atoms with E-state index in [0.29, 0.717) is 21.1 Å². The van der Waals surface area contributed by atoms with Crippen molar-refractivity contribution in [2.24, 2.45) is 0 Å². The summed E-state index contributed by atoms with van der Waals surface area (Å²) in [6, 6.07) is 14.0. The molecule has 0 fully saturated rings. The van der Waals surface area contributed by atoms with E-state index in [1.807, 2.05) is 23.6 Å². The van der Waals surface area contributed by atoms with Crippen LogP contribution < -0.4 is 5.32 Å². The van der Waals surface area contributed by atoms with E-state index in [9.17, 15) is 9.90 Å². The van der Waals surface area contributed by atoms with Crippen LogP contribution in [0.1, 0.15) is 11.9 Å². The van der Waals surface area contributed by atoms with Crippen molar-refractivity contribution < 1.29 is 9.90 Å². The average molecular weight is 473 g/mol. The number of hydrogen-bond donors (Lipinski definition) is 2. The number of phenolic OH excluding ortho intramolecular Hbond substituents is 1. The zero-order valence-corrected chi connectivity index (χ0v) is 18.7. The topological polar surface area (TPSA) is 106 Å². The van der Waals surface area contributed by atoms with Crippen molar-refractivity contribution in [1.29, 1.82) is 0 Å². The van der Waals surface area contributed by atoms with E-state index in [-0.39, 0.29) is 17.4 Å². The molecule has 0 aliphatic carbocycles. The van der Waals surface area contributed by atoms with Gasteiger partial charge in [-0.2, -0.15) is 0 Å². The van der Waals surface area contributed by atoms with Crippen LogP contribution in [-0.4, -0.2) is 41.7 Å². The number of aromatic nitrogens is 5. The van der Waals surface area contributed by atoms with Gasteiger partial charge >= 0.3 is 0 Å². The minimum absolute atomic E-state index is 0.120. The number of carbonyl (C=O) groups is 1. The summed E-state index contributed by atoms with van der Waals surface area (Å²) >= 11 is 8.80. The van der Waals surface area contributed by atoms with Gasteiger partial charge in [0.05, 0.1) is 11.4 Å². The molecule has 0 aliphatic rings. The van der Waals surface area contributed by atoms with Gasteiger partial charge in [-0.25, -0.2) is 0 Å². The van der Waals surface area contributed by atoms with E-state index in [0.717, 1.165) is 22.7 Å². The number of anilines is 1. The first-order valence-electron chi connectivity index (χ1n) is 9.29. The van der Waals surface area contributed by atoms with Crippen LogP contribution in [0.2, 0.25) is 5.02 Å². The van der Waals surface area contributed by atoms with E-state index in [2.05, 4.69) is 25.7 Å². The lowest BCUT2D eigenvalue weighted by Gasteiger charge is -2.11. The van der Waals surface area contributed by atoms with Crippen LogP contribution in [0.15, 0.2) is 53.7 Å². The molecule has 0 atom stereocenters. The molecule has 11 heteroatoms. The quantitative estimate of drug-likeness (QED) is 0.383. The molecule has 4 rings (SSSR count). The fourth-order valence-electron chi connectivity index (χ4n) is 2.74. The summed E-state index contributed by atoms with van der Waals surface area (Å²) in [5, 5.41) is 31.4. The number of rotatable bonds is 7. The molecule has 2 aromatic carbocycles. The predicted molar refractivity (Wildman–Crippen MR) is 122 cm³/mol. The second kappa shape index (κ2) is 9.46. The van der Waals surface area contributed by atoms with Gasteiger partial charge in [0.15, 0.2) is 11.0 Å². The number of aryl methyl sites for hydroxylation is 1. The number of halogens is 1. The number of aromatic hydroxyl groups is 1. The van der Waals surface area contributed by atoms with Crippen molar-refractivity contribution in [3.05, 3.63) is 58.6 Å². The van der Waals surface area contributed by atoms with Crippen molar-refractivity contribution in [1.82, 2.24) is 25.0 Å². The van der Waals surface area contributed by atoms with E-state index in [4.69, 9.17) is 11.6 Å². The Morgan fingerprint density at radius 2 is 1.97 bits per heavy atom. The number of phenols is 1. The zero-order valence-electron chi connectivity index (χ0n) is 16.3. The molecule has 158 valence electrons. The van der Waals surface area contributed by atoms with Gasteiger partial charge in [-0.05, 0) is 48.9 Å². The molecule has 0 aliphatic heterocycles. The van der Waals surface area contributed by atoms with Crippen LogP contribution in [0.3, 0.4) is 0 Å². The summed E-state index contributed by atoms with van der Waals surface area (Å²) in [6.07, 6.45) is 0.769. The van der Waals surface area contributed by atoms with Crippen LogP contribution >= 0.6 is 34.7 Å². The van der Waals surface area contributed by atoms with Gasteiger partial charge < -0.3 is 5.11 Å². The van der Waals surface area contributed by atoms with Crippen LogP contribution in [0.5, 0.6) is 5.75 Å². The molecule has 31 heavy (non-hydrogen) atoms. The number of nitrogens with one attached hydrogen (secondary N) is 1. The predicted octanol–water partition coefficient (Wildman–Crippen LogP) is 4.44. The average Bonchev–Trinajstić information content (AvgIpc) is 3.39. The van der Waals surface area contributed by atoms with Crippen LogP contribution in [0.25, 0.3) is 17.1 Å². The van der Waals surface area contributed by atoms with Gasteiger partial charge in [0, 0.05) is 10.6 Å².